The Balaban J connectivity index is 2.26. The highest BCUT2D eigenvalue weighted by atomic mass is 16.5. The van der Waals surface area contributed by atoms with Gasteiger partial charge in [-0.3, -0.25) is 4.79 Å². The van der Waals surface area contributed by atoms with Crippen molar-refractivity contribution in [2.45, 2.75) is 20.8 Å². The van der Waals surface area contributed by atoms with Crippen molar-refractivity contribution in [2.75, 3.05) is 11.9 Å². The second-order valence-corrected chi connectivity index (χ2v) is 4.70. The minimum Gasteiger partial charge on any atom is -0.493 e. The van der Waals surface area contributed by atoms with Gasteiger partial charge in [-0.1, -0.05) is 24.3 Å². The molecule has 0 aromatic heterocycles. The number of benzene rings is 2. The molecule has 0 fully saturated rings. The number of rotatable bonds is 4. The van der Waals surface area contributed by atoms with E-state index in [-0.39, 0.29) is 5.91 Å². The fourth-order valence-electron chi connectivity index (χ4n) is 2.00. The van der Waals surface area contributed by atoms with Crippen molar-refractivity contribution in [3.63, 3.8) is 0 Å². The van der Waals surface area contributed by atoms with Gasteiger partial charge in [-0.15, -0.1) is 0 Å². The highest BCUT2D eigenvalue weighted by Crippen LogP contribution is 2.22. The molecule has 0 saturated carbocycles. The Kier molecular flexibility index (Phi) is 4.41. The van der Waals surface area contributed by atoms with Gasteiger partial charge >= 0.3 is 0 Å². The summed E-state index contributed by atoms with van der Waals surface area (Å²) in [5, 5.41) is 2.95. The summed E-state index contributed by atoms with van der Waals surface area (Å²) in [6, 6.07) is 13.3. The van der Waals surface area contributed by atoms with Crippen molar-refractivity contribution >= 4 is 11.6 Å². The quantitative estimate of drug-likeness (QED) is 0.912. The maximum Gasteiger partial charge on any atom is 0.259 e. The lowest BCUT2D eigenvalue weighted by molar-refractivity contribution is 0.102. The number of amides is 1. The van der Waals surface area contributed by atoms with Crippen molar-refractivity contribution < 1.29 is 9.53 Å². The van der Waals surface area contributed by atoms with Crippen molar-refractivity contribution in [3.05, 3.63) is 59.2 Å². The molecule has 0 aliphatic heterocycles. The number of hydrogen-bond acceptors (Lipinski definition) is 2. The van der Waals surface area contributed by atoms with E-state index in [2.05, 4.69) is 5.32 Å². The number of aryl methyl sites for hydroxylation is 2. The molecule has 0 unspecified atom stereocenters. The summed E-state index contributed by atoms with van der Waals surface area (Å²) in [5.41, 5.74) is 3.54. The molecule has 2 rings (SSSR count). The molecule has 2 aromatic carbocycles. The molecule has 0 radical (unpaired) electrons. The first kappa shape index (κ1) is 14.1. The largest absolute Gasteiger partial charge is 0.493 e. The maximum atomic E-state index is 12.4. The van der Waals surface area contributed by atoms with E-state index < -0.39 is 0 Å². The third kappa shape index (κ3) is 3.18. The fourth-order valence-corrected chi connectivity index (χ4v) is 2.00. The van der Waals surface area contributed by atoms with Gasteiger partial charge in [0.05, 0.1) is 12.2 Å². The highest BCUT2D eigenvalue weighted by Gasteiger charge is 2.12. The van der Waals surface area contributed by atoms with Crippen LogP contribution in [0.4, 0.5) is 5.69 Å². The number of anilines is 1. The lowest BCUT2D eigenvalue weighted by atomic mass is 10.1. The molecule has 104 valence electrons. The molecular weight excluding hydrogens is 250 g/mol. The minimum atomic E-state index is -0.150. The van der Waals surface area contributed by atoms with Gasteiger partial charge in [0.15, 0.2) is 0 Å². The lowest BCUT2D eigenvalue weighted by Crippen LogP contribution is -2.14. The van der Waals surface area contributed by atoms with Crippen LogP contribution < -0.4 is 10.1 Å². The summed E-state index contributed by atoms with van der Waals surface area (Å²) in [6.07, 6.45) is 0. The van der Waals surface area contributed by atoms with Gasteiger partial charge in [0.2, 0.25) is 0 Å². The molecule has 3 nitrogen and oxygen atoms in total. The van der Waals surface area contributed by atoms with Gasteiger partial charge in [0.1, 0.15) is 5.75 Å². The fraction of sp³-hybridized carbons (Fsp3) is 0.235. The van der Waals surface area contributed by atoms with Crippen LogP contribution in [0.15, 0.2) is 42.5 Å². The van der Waals surface area contributed by atoms with Crippen LogP contribution in [-0.2, 0) is 0 Å². The lowest BCUT2D eigenvalue weighted by Gasteiger charge is -2.12. The van der Waals surface area contributed by atoms with Crippen molar-refractivity contribution in [1.29, 1.82) is 0 Å². The second-order valence-electron chi connectivity index (χ2n) is 4.70. The van der Waals surface area contributed by atoms with Crippen LogP contribution >= 0.6 is 0 Å². The molecule has 0 aliphatic rings. The average Bonchev–Trinajstić information content (AvgIpc) is 2.44. The first-order chi connectivity index (χ1) is 9.61. The Bertz CT molecular complexity index is 620. The molecule has 0 aliphatic carbocycles. The van der Waals surface area contributed by atoms with E-state index in [4.69, 9.17) is 4.74 Å². The van der Waals surface area contributed by atoms with Crippen LogP contribution in [0, 0.1) is 13.8 Å². The van der Waals surface area contributed by atoms with Crippen molar-refractivity contribution in [3.8, 4) is 5.75 Å². The molecule has 3 heteroatoms. The van der Waals surface area contributed by atoms with E-state index in [0.717, 1.165) is 16.8 Å². The SMILES string of the molecule is CCOc1ccccc1C(=O)Nc1cc(C)ccc1C. The number of carbonyl (C=O) groups is 1. The van der Waals surface area contributed by atoms with Gasteiger partial charge in [-0.2, -0.15) is 0 Å². The zero-order valence-corrected chi connectivity index (χ0v) is 12.1. The molecule has 20 heavy (non-hydrogen) atoms. The molecule has 0 atom stereocenters. The van der Waals surface area contributed by atoms with Crippen LogP contribution in [0.25, 0.3) is 0 Å². The number of ether oxygens (including phenoxy) is 1. The van der Waals surface area contributed by atoms with E-state index in [0.29, 0.717) is 17.9 Å². The normalized spacial score (nSPS) is 10.2. The van der Waals surface area contributed by atoms with Crippen molar-refractivity contribution in [1.82, 2.24) is 0 Å². The molecule has 1 N–H and O–H groups in total. The van der Waals surface area contributed by atoms with Gasteiger partial charge < -0.3 is 10.1 Å². The third-order valence-corrected chi connectivity index (χ3v) is 3.07. The van der Waals surface area contributed by atoms with E-state index in [1.807, 2.05) is 57.2 Å². The number of hydrogen-bond donors (Lipinski definition) is 1. The standard InChI is InChI=1S/C17H19NO2/c1-4-20-16-8-6-5-7-14(16)17(19)18-15-11-12(2)9-10-13(15)3/h5-11H,4H2,1-3H3,(H,18,19). The van der Waals surface area contributed by atoms with Crippen LogP contribution in [-0.4, -0.2) is 12.5 Å². The summed E-state index contributed by atoms with van der Waals surface area (Å²) in [5.74, 6) is 0.459. The van der Waals surface area contributed by atoms with E-state index in [1.54, 1.807) is 6.07 Å². The second kappa shape index (κ2) is 6.24. The predicted octanol–water partition coefficient (Wildman–Crippen LogP) is 3.95. The smallest absolute Gasteiger partial charge is 0.259 e. The van der Waals surface area contributed by atoms with Gasteiger partial charge in [0.25, 0.3) is 5.91 Å². The third-order valence-electron chi connectivity index (χ3n) is 3.07. The van der Waals surface area contributed by atoms with E-state index >= 15 is 0 Å². The summed E-state index contributed by atoms with van der Waals surface area (Å²) >= 11 is 0. The van der Waals surface area contributed by atoms with Gasteiger partial charge in [-0.05, 0) is 50.1 Å². The molecule has 0 bridgehead atoms. The first-order valence-corrected chi connectivity index (χ1v) is 6.72. The molecule has 0 heterocycles. The summed E-state index contributed by atoms with van der Waals surface area (Å²) < 4.78 is 5.49. The van der Waals surface area contributed by atoms with Gasteiger partial charge in [0, 0.05) is 5.69 Å². The van der Waals surface area contributed by atoms with Gasteiger partial charge in [-0.25, -0.2) is 0 Å². The Hall–Kier alpha value is -2.29. The summed E-state index contributed by atoms with van der Waals surface area (Å²) in [7, 11) is 0. The van der Waals surface area contributed by atoms with Crippen molar-refractivity contribution in [2.24, 2.45) is 0 Å². The highest BCUT2D eigenvalue weighted by molar-refractivity contribution is 6.06. The number of para-hydroxylation sites is 1. The minimum absolute atomic E-state index is 0.150. The predicted molar refractivity (Wildman–Crippen MR) is 81.5 cm³/mol. The summed E-state index contributed by atoms with van der Waals surface area (Å²) in [6.45, 7) is 6.42. The number of carbonyl (C=O) groups excluding carboxylic acids is 1. The molecule has 0 saturated heterocycles. The van der Waals surface area contributed by atoms with Crippen LogP contribution in [0.1, 0.15) is 28.4 Å². The van der Waals surface area contributed by atoms with Crippen LogP contribution in [0.5, 0.6) is 5.75 Å². The van der Waals surface area contributed by atoms with E-state index in [1.165, 1.54) is 0 Å². The van der Waals surface area contributed by atoms with Crippen LogP contribution in [0.2, 0.25) is 0 Å². The average molecular weight is 269 g/mol. The topological polar surface area (TPSA) is 38.3 Å². The van der Waals surface area contributed by atoms with Crippen LogP contribution in [0.3, 0.4) is 0 Å². The Morgan fingerprint density at radius 2 is 1.90 bits per heavy atom. The monoisotopic (exact) mass is 269 g/mol. The zero-order chi connectivity index (χ0) is 14.5. The maximum absolute atomic E-state index is 12.4. The molecular formula is C17H19NO2. The summed E-state index contributed by atoms with van der Waals surface area (Å²) in [4.78, 5) is 12.4. The molecule has 1 amide bonds. The first-order valence-electron chi connectivity index (χ1n) is 6.72. The number of nitrogens with one attached hydrogen (secondary N) is 1. The molecule has 0 spiro atoms. The Morgan fingerprint density at radius 3 is 2.65 bits per heavy atom. The zero-order valence-electron chi connectivity index (χ0n) is 12.1. The van der Waals surface area contributed by atoms with E-state index in [9.17, 15) is 4.79 Å². The Labute approximate surface area is 119 Å². The molecule has 2 aromatic rings. The Morgan fingerprint density at radius 1 is 1.15 bits per heavy atom.